The Morgan fingerprint density at radius 3 is 2.56 bits per heavy atom. The number of aryl methyl sites for hydroxylation is 1. The highest BCUT2D eigenvalue weighted by Gasteiger charge is 2.31. The Morgan fingerprint density at radius 2 is 2.00 bits per heavy atom. The zero-order chi connectivity index (χ0) is 17.7. The van der Waals surface area contributed by atoms with Crippen LogP contribution in [0.4, 0.5) is 5.69 Å². The molecular formula is C20H30ClN3S. The molecular weight excluding hydrogens is 350 g/mol. The first-order chi connectivity index (χ1) is 11.4. The van der Waals surface area contributed by atoms with E-state index in [0.717, 1.165) is 35.1 Å². The van der Waals surface area contributed by atoms with Gasteiger partial charge >= 0.3 is 0 Å². The summed E-state index contributed by atoms with van der Waals surface area (Å²) < 4.78 is 0. The summed E-state index contributed by atoms with van der Waals surface area (Å²) in [6, 6.07) is 8.64. The van der Waals surface area contributed by atoms with Crippen molar-refractivity contribution in [2.45, 2.75) is 53.5 Å². The van der Waals surface area contributed by atoms with E-state index in [0.29, 0.717) is 23.4 Å². The van der Waals surface area contributed by atoms with Crippen molar-refractivity contribution in [3.05, 3.63) is 29.3 Å². The van der Waals surface area contributed by atoms with E-state index in [1.807, 2.05) is 30.0 Å². The summed E-state index contributed by atoms with van der Waals surface area (Å²) in [7, 11) is 0. The third-order valence-corrected chi connectivity index (χ3v) is 5.34. The molecule has 0 aliphatic carbocycles. The number of rotatable bonds is 6. The molecule has 0 saturated carbocycles. The van der Waals surface area contributed by atoms with Gasteiger partial charge in [0.25, 0.3) is 0 Å². The minimum absolute atomic E-state index is 0. The molecule has 0 radical (unpaired) electrons. The smallest absolute Gasteiger partial charge is 0.164 e. The summed E-state index contributed by atoms with van der Waals surface area (Å²) in [4.78, 5) is 7.50. The SMILES string of the molecule is CCc1cc(C#N)ccc1N=C1SC[C@H](CC(C)C)N1CC(C)C.Cl. The summed E-state index contributed by atoms with van der Waals surface area (Å²) in [5, 5.41) is 10.2. The first kappa shape index (κ1) is 21.9. The Hall–Kier alpha value is -1.18. The zero-order valence-electron chi connectivity index (χ0n) is 16.0. The van der Waals surface area contributed by atoms with Crippen LogP contribution < -0.4 is 0 Å². The number of aliphatic imine (C=N–C) groups is 1. The maximum atomic E-state index is 9.09. The predicted molar refractivity (Wildman–Crippen MR) is 112 cm³/mol. The maximum Gasteiger partial charge on any atom is 0.164 e. The monoisotopic (exact) mass is 379 g/mol. The fourth-order valence-corrected chi connectivity index (χ4v) is 4.32. The van der Waals surface area contributed by atoms with Crippen LogP contribution in [0.3, 0.4) is 0 Å². The maximum absolute atomic E-state index is 9.09. The molecule has 0 bridgehead atoms. The second kappa shape index (κ2) is 10.1. The van der Waals surface area contributed by atoms with Crippen LogP contribution in [0.5, 0.6) is 0 Å². The van der Waals surface area contributed by atoms with Crippen molar-refractivity contribution in [3.63, 3.8) is 0 Å². The van der Waals surface area contributed by atoms with Gasteiger partial charge in [-0.1, -0.05) is 46.4 Å². The van der Waals surface area contributed by atoms with Crippen LogP contribution in [-0.4, -0.2) is 28.4 Å². The highest BCUT2D eigenvalue weighted by atomic mass is 35.5. The molecule has 25 heavy (non-hydrogen) atoms. The van der Waals surface area contributed by atoms with Gasteiger partial charge in [-0.15, -0.1) is 12.4 Å². The van der Waals surface area contributed by atoms with Gasteiger partial charge < -0.3 is 4.90 Å². The van der Waals surface area contributed by atoms with E-state index in [1.165, 1.54) is 6.42 Å². The lowest BCUT2D eigenvalue weighted by Gasteiger charge is -2.29. The predicted octanol–water partition coefficient (Wildman–Crippen LogP) is 5.65. The molecule has 138 valence electrons. The lowest BCUT2D eigenvalue weighted by Crippen LogP contribution is -2.37. The Balaban J connectivity index is 0.00000312. The van der Waals surface area contributed by atoms with E-state index in [1.54, 1.807) is 0 Å². The molecule has 0 spiro atoms. The summed E-state index contributed by atoms with van der Waals surface area (Å²) >= 11 is 1.88. The number of amidine groups is 1. The highest BCUT2D eigenvalue weighted by Crippen LogP contribution is 2.32. The third kappa shape index (κ3) is 5.94. The van der Waals surface area contributed by atoms with E-state index in [-0.39, 0.29) is 12.4 Å². The van der Waals surface area contributed by atoms with Gasteiger partial charge in [-0.2, -0.15) is 5.26 Å². The molecule has 1 aromatic rings. The number of benzene rings is 1. The fraction of sp³-hybridized carbons (Fsp3) is 0.600. The van der Waals surface area contributed by atoms with Gasteiger partial charge in [0.05, 0.1) is 17.3 Å². The normalized spacial score (nSPS) is 18.7. The average Bonchev–Trinajstić information content (AvgIpc) is 2.88. The molecule has 1 saturated heterocycles. The van der Waals surface area contributed by atoms with Gasteiger partial charge in [-0.3, -0.25) is 0 Å². The molecule has 1 heterocycles. The molecule has 1 atom stereocenters. The molecule has 2 rings (SSSR count). The van der Waals surface area contributed by atoms with Crippen LogP contribution in [0.25, 0.3) is 0 Å². The van der Waals surface area contributed by atoms with Crippen LogP contribution in [0.2, 0.25) is 0 Å². The number of nitrogens with zero attached hydrogens (tertiary/aromatic N) is 3. The third-order valence-electron chi connectivity index (χ3n) is 4.20. The number of halogens is 1. The van der Waals surface area contributed by atoms with Crippen LogP contribution in [-0.2, 0) is 6.42 Å². The molecule has 0 N–H and O–H groups in total. The molecule has 1 aliphatic heterocycles. The molecule has 5 heteroatoms. The second-order valence-electron chi connectivity index (χ2n) is 7.34. The van der Waals surface area contributed by atoms with E-state index in [9.17, 15) is 0 Å². The summed E-state index contributed by atoms with van der Waals surface area (Å²) in [6.45, 7) is 12.3. The van der Waals surface area contributed by atoms with Crippen molar-refractivity contribution in [2.24, 2.45) is 16.8 Å². The lowest BCUT2D eigenvalue weighted by molar-refractivity contribution is 0.279. The number of thioether (sulfide) groups is 1. The van der Waals surface area contributed by atoms with Gasteiger partial charge in [-0.05, 0) is 48.4 Å². The Morgan fingerprint density at radius 1 is 1.28 bits per heavy atom. The van der Waals surface area contributed by atoms with Crippen molar-refractivity contribution in [3.8, 4) is 6.07 Å². The summed E-state index contributed by atoms with van der Waals surface area (Å²) in [5.74, 6) is 2.45. The molecule has 1 fully saturated rings. The number of nitriles is 1. The molecule has 0 amide bonds. The summed E-state index contributed by atoms with van der Waals surface area (Å²) in [5.41, 5.74) is 2.88. The highest BCUT2D eigenvalue weighted by molar-refractivity contribution is 8.14. The Bertz CT molecular complexity index is 634. The Kier molecular flexibility index (Phi) is 8.82. The largest absolute Gasteiger partial charge is 0.347 e. The lowest BCUT2D eigenvalue weighted by atomic mass is 10.0. The molecule has 1 aliphatic rings. The Labute approximate surface area is 163 Å². The van der Waals surface area contributed by atoms with Gasteiger partial charge in [-0.25, -0.2) is 4.99 Å². The van der Waals surface area contributed by atoms with Crippen molar-refractivity contribution in [1.29, 1.82) is 5.26 Å². The number of hydrogen-bond acceptors (Lipinski definition) is 3. The summed E-state index contributed by atoms with van der Waals surface area (Å²) in [6.07, 6.45) is 2.11. The topological polar surface area (TPSA) is 39.4 Å². The van der Waals surface area contributed by atoms with Gasteiger partial charge in [0.15, 0.2) is 5.17 Å². The molecule has 0 unspecified atom stereocenters. The number of hydrogen-bond donors (Lipinski definition) is 0. The van der Waals surface area contributed by atoms with Gasteiger partial charge in [0, 0.05) is 18.3 Å². The molecule has 1 aromatic carbocycles. The van der Waals surface area contributed by atoms with Crippen LogP contribution in [0.15, 0.2) is 23.2 Å². The minimum atomic E-state index is 0. The van der Waals surface area contributed by atoms with Crippen molar-refractivity contribution in [1.82, 2.24) is 4.90 Å². The van der Waals surface area contributed by atoms with Crippen LogP contribution in [0.1, 0.15) is 52.2 Å². The first-order valence-corrected chi connectivity index (χ1v) is 9.94. The molecule has 3 nitrogen and oxygen atoms in total. The van der Waals surface area contributed by atoms with Crippen LogP contribution >= 0.6 is 24.2 Å². The quantitative estimate of drug-likeness (QED) is 0.641. The van der Waals surface area contributed by atoms with Crippen LogP contribution in [0, 0.1) is 23.2 Å². The van der Waals surface area contributed by atoms with E-state index in [4.69, 9.17) is 10.3 Å². The standard InChI is InChI=1S/C20H29N3S.ClH/c1-6-17-10-16(11-21)7-8-19(17)22-20-23(12-15(4)5)18(13-24-20)9-14(2)3;/h7-8,10,14-15,18H,6,9,12-13H2,1-5H3;1H/t18-;/m0./s1. The van der Waals surface area contributed by atoms with Gasteiger partial charge in [0.1, 0.15) is 0 Å². The van der Waals surface area contributed by atoms with E-state index >= 15 is 0 Å². The van der Waals surface area contributed by atoms with Crippen molar-refractivity contribution in [2.75, 3.05) is 12.3 Å². The fourth-order valence-electron chi connectivity index (χ4n) is 3.11. The zero-order valence-corrected chi connectivity index (χ0v) is 17.6. The first-order valence-electron chi connectivity index (χ1n) is 8.95. The van der Waals surface area contributed by atoms with Gasteiger partial charge in [0.2, 0.25) is 0 Å². The minimum Gasteiger partial charge on any atom is -0.347 e. The molecule has 0 aromatic heterocycles. The van der Waals surface area contributed by atoms with E-state index in [2.05, 4.69) is 45.6 Å². The van der Waals surface area contributed by atoms with Crippen molar-refractivity contribution < 1.29 is 0 Å². The second-order valence-corrected chi connectivity index (χ2v) is 8.33. The average molecular weight is 380 g/mol. The van der Waals surface area contributed by atoms with E-state index < -0.39 is 0 Å². The van der Waals surface area contributed by atoms with Crippen molar-refractivity contribution >= 4 is 35.0 Å².